The predicted octanol–water partition coefficient (Wildman–Crippen LogP) is 16.2. The predicted molar refractivity (Wildman–Crippen MR) is 294 cm³/mol. The van der Waals surface area contributed by atoms with Crippen LogP contribution in [0, 0.1) is 0 Å². The van der Waals surface area contributed by atoms with Gasteiger partial charge >= 0.3 is 430 Å². The summed E-state index contributed by atoms with van der Waals surface area (Å²) in [6.07, 6.45) is 3.81. The Balaban J connectivity index is 1.17. The van der Waals surface area contributed by atoms with Gasteiger partial charge < -0.3 is 0 Å². The monoisotopic (exact) mass is 1110 g/mol. The molecule has 0 amide bonds. The Labute approximate surface area is 427 Å². The molecule has 9 aliphatic heterocycles. The fourth-order valence-electron chi connectivity index (χ4n) is 11.3. The van der Waals surface area contributed by atoms with Crippen molar-refractivity contribution >= 4 is 53.8 Å². The molecule has 5 nitrogen and oxygen atoms in total. The first kappa shape index (κ1) is 41.4. The molecule has 0 N–H and O–H groups in total. The van der Waals surface area contributed by atoms with Crippen molar-refractivity contribution in [1.29, 1.82) is 0 Å². The van der Waals surface area contributed by atoms with Gasteiger partial charge in [0.15, 0.2) is 0 Å². The fraction of sp³-hybridized carbons (Fsp3) is 0.0606. The van der Waals surface area contributed by atoms with Crippen LogP contribution in [0.15, 0.2) is 231 Å². The van der Waals surface area contributed by atoms with Crippen LogP contribution in [0.4, 0.5) is 45.5 Å². The molecule has 0 unspecified atom stereocenters. The molecule has 10 aromatic carbocycles. The third-order valence-electron chi connectivity index (χ3n) is 14.9. The molecule has 9 aliphatic rings. The standard InChI is InChI=1S/C66H46N4O.Pt/c1-3-19-63-61(17-1)67-43-69(63)65-57-13-7-14-58(65)50-35-27-46(28-36-50)22-24-48-31-39-52(40-32-48)60-16-8-15-59(51-37-29-47(30-38-51)23-21-45-25-33-49(57)34-26-45)66(60)70-44-68(62-18-2-4-20-64(62)70)54-10-6-12-56(42-54)71-55-11-5-9-53(67)41-55;/h1-20,25-42H,21-24H2;. The van der Waals surface area contributed by atoms with E-state index in [1.165, 1.54) is 86.4 Å². The summed E-state index contributed by atoms with van der Waals surface area (Å²) in [4.78, 5) is 10.4. The summed E-state index contributed by atoms with van der Waals surface area (Å²) in [5.74, 6) is 1.58. The van der Waals surface area contributed by atoms with Gasteiger partial charge in [-0.15, -0.1) is 0 Å². The third-order valence-corrected chi connectivity index (χ3v) is 18.0. The van der Waals surface area contributed by atoms with Crippen LogP contribution in [0.3, 0.4) is 0 Å². The van der Waals surface area contributed by atoms with E-state index in [-0.39, 0.29) is 0 Å². The summed E-state index contributed by atoms with van der Waals surface area (Å²) < 4.78 is 9.33. The van der Waals surface area contributed by atoms with Gasteiger partial charge in [-0.2, -0.15) is 0 Å². The average Bonchev–Trinajstić information content (AvgIpc) is 3.93. The van der Waals surface area contributed by atoms with Crippen molar-refractivity contribution in [2.24, 2.45) is 0 Å². The average molecular weight is 1110 g/mol. The molecular formula is C66H46N4OPt. The van der Waals surface area contributed by atoms with Crippen LogP contribution < -0.4 is 24.3 Å². The SMILES string of the molecule is c1cc2cc(c1)N1[C]3=[Pt]=[C]4N(c5cccc(c5)O2)c2ccccc2N4c2c4cccc2-c2ccc(cc2)CCc2ccc(cc2)-c2cccc(c2N3c2ccccc21)-c1ccc(cc1)CCc1ccc-4cc1. The van der Waals surface area contributed by atoms with Crippen molar-refractivity contribution in [3.8, 4) is 56.0 Å². The molecule has 0 saturated carbocycles. The van der Waals surface area contributed by atoms with Gasteiger partial charge in [0.05, 0.1) is 0 Å². The van der Waals surface area contributed by atoms with Gasteiger partial charge in [-0.25, -0.2) is 0 Å². The number of fused-ring (bicyclic) bond motifs is 14. The summed E-state index contributed by atoms with van der Waals surface area (Å²) >= 11 is -1.19. The molecule has 0 aromatic heterocycles. The fourth-order valence-corrected chi connectivity index (χ4v) is 15.0. The Hall–Kier alpha value is -8.37. The second-order valence-corrected chi connectivity index (χ2v) is 21.8. The molecule has 10 aromatic rings. The molecule has 346 valence electrons. The van der Waals surface area contributed by atoms with E-state index in [1.54, 1.807) is 0 Å². The van der Waals surface area contributed by atoms with Gasteiger partial charge in [0, 0.05) is 0 Å². The van der Waals surface area contributed by atoms with Gasteiger partial charge in [-0.05, 0) is 0 Å². The van der Waals surface area contributed by atoms with Gasteiger partial charge in [0.25, 0.3) is 0 Å². The molecule has 0 saturated heterocycles. The second kappa shape index (κ2) is 16.6. The van der Waals surface area contributed by atoms with E-state index in [2.05, 4.69) is 250 Å². The van der Waals surface area contributed by atoms with Crippen LogP contribution in [0.1, 0.15) is 22.3 Å². The molecule has 0 fully saturated rings. The molecule has 19 rings (SSSR count). The van der Waals surface area contributed by atoms with E-state index in [9.17, 15) is 0 Å². The summed E-state index contributed by atoms with van der Waals surface area (Å²) in [5, 5.41) is 0. The summed E-state index contributed by atoms with van der Waals surface area (Å²) in [5.41, 5.74) is 23.8. The van der Waals surface area contributed by atoms with Gasteiger partial charge in [0.2, 0.25) is 0 Å². The van der Waals surface area contributed by atoms with E-state index in [0.29, 0.717) is 0 Å². The van der Waals surface area contributed by atoms with Crippen molar-refractivity contribution < 1.29 is 22.4 Å². The Morgan fingerprint density at radius 3 is 0.931 bits per heavy atom. The van der Waals surface area contributed by atoms with Crippen molar-refractivity contribution in [3.05, 3.63) is 253 Å². The minimum absolute atomic E-state index is 0.790. The zero-order valence-corrected chi connectivity index (χ0v) is 41.6. The molecule has 72 heavy (non-hydrogen) atoms. The number of hydrogen-bond acceptors (Lipinski definition) is 5. The van der Waals surface area contributed by atoms with E-state index in [4.69, 9.17) is 4.74 Å². The van der Waals surface area contributed by atoms with Crippen LogP contribution in [-0.2, 0) is 43.3 Å². The molecule has 9 heterocycles. The molecule has 0 atom stereocenters. The van der Waals surface area contributed by atoms with E-state index in [0.717, 1.165) is 71.3 Å². The van der Waals surface area contributed by atoms with Crippen molar-refractivity contribution in [3.63, 3.8) is 0 Å². The zero-order chi connectivity index (χ0) is 47.3. The van der Waals surface area contributed by atoms with E-state index < -0.39 is 17.6 Å². The Morgan fingerprint density at radius 1 is 0.292 bits per heavy atom. The first-order valence-corrected chi connectivity index (χ1v) is 27.2. The maximum atomic E-state index is 6.89. The summed E-state index contributed by atoms with van der Waals surface area (Å²) in [6, 6.07) is 86.8. The molecule has 6 heteroatoms. The number of anilines is 8. The normalized spacial score (nSPS) is 14.7. The number of aryl methyl sites for hydroxylation is 4. The van der Waals surface area contributed by atoms with Gasteiger partial charge in [0.1, 0.15) is 0 Å². The van der Waals surface area contributed by atoms with Crippen LogP contribution >= 0.6 is 0 Å². The quantitative estimate of drug-likeness (QED) is 0.151. The van der Waals surface area contributed by atoms with Crippen molar-refractivity contribution in [2.45, 2.75) is 25.7 Å². The van der Waals surface area contributed by atoms with E-state index >= 15 is 0 Å². The second-order valence-electron chi connectivity index (χ2n) is 19.2. The molecule has 16 bridgehead atoms. The molecule has 0 spiro atoms. The third kappa shape index (κ3) is 6.72. The molecular weight excluding hydrogens is 1060 g/mol. The first-order chi connectivity index (χ1) is 35.7. The van der Waals surface area contributed by atoms with Crippen LogP contribution in [0.2, 0.25) is 0 Å². The summed E-state index contributed by atoms with van der Waals surface area (Å²) in [6.45, 7) is 0. The topological polar surface area (TPSA) is 22.2 Å². The van der Waals surface area contributed by atoms with Gasteiger partial charge in [-0.3, -0.25) is 0 Å². The van der Waals surface area contributed by atoms with E-state index in [1.807, 2.05) is 0 Å². The van der Waals surface area contributed by atoms with Crippen LogP contribution in [0.25, 0.3) is 44.5 Å². The minimum atomic E-state index is -1.19. The molecule has 0 aliphatic carbocycles. The Bertz CT molecular complexity index is 3510. The number of para-hydroxylation sites is 6. The number of nitrogens with zero attached hydrogens (tertiary/aromatic N) is 4. The van der Waals surface area contributed by atoms with Crippen molar-refractivity contribution in [2.75, 3.05) is 19.6 Å². The van der Waals surface area contributed by atoms with Crippen molar-refractivity contribution in [1.82, 2.24) is 0 Å². The van der Waals surface area contributed by atoms with Crippen LogP contribution in [0.5, 0.6) is 11.5 Å². The molecule has 0 radical (unpaired) electrons. The number of hydrogen-bond donors (Lipinski definition) is 0. The maximum absolute atomic E-state index is 6.89. The Kier molecular flexibility index (Phi) is 9.56. The first-order valence-electron chi connectivity index (χ1n) is 24.9. The zero-order valence-electron chi connectivity index (χ0n) is 39.3. The summed E-state index contributed by atoms with van der Waals surface area (Å²) in [7, 11) is 0. The number of benzene rings is 10. The van der Waals surface area contributed by atoms with Gasteiger partial charge in [-0.1, -0.05) is 0 Å². The Morgan fingerprint density at radius 2 is 0.597 bits per heavy atom. The number of ether oxygens (including phenoxy) is 1. The van der Waals surface area contributed by atoms with Crippen LogP contribution in [-0.4, -0.2) is 8.29 Å². The number of rotatable bonds is 0.